The maximum absolute atomic E-state index is 12.8. The van der Waals surface area contributed by atoms with Gasteiger partial charge in [0.25, 0.3) is 5.91 Å². The molecule has 1 saturated heterocycles. The lowest BCUT2D eigenvalue weighted by molar-refractivity contribution is 0.102. The van der Waals surface area contributed by atoms with E-state index in [0.29, 0.717) is 5.69 Å². The topological polar surface area (TPSA) is 69.7 Å². The first-order valence-corrected chi connectivity index (χ1v) is 11.0. The minimum atomic E-state index is -3.75. The molecular formula is C20H24ClN3O3S. The van der Waals surface area contributed by atoms with E-state index in [4.69, 9.17) is 11.6 Å². The normalized spacial score (nSPS) is 14.9. The molecule has 1 heterocycles. The van der Waals surface area contributed by atoms with Crippen LogP contribution in [0.15, 0.2) is 47.4 Å². The Balaban J connectivity index is 1.89. The number of carbonyl (C=O) groups is 1. The van der Waals surface area contributed by atoms with Crippen molar-refractivity contribution >= 4 is 38.9 Å². The molecule has 6 nitrogen and oxygen atoms in total. The summed E-state index contributed by atoms with van der Waals surface area (Å²) in [5, 5.41) is 3.00. The van der Waals surface area contributed by atoms with E-state index in [9.17, 15) is 13.2 Å². The van der Waals surface area contributed by atoms with E-state index >= 15 is 0 Å². The number of nitrogens with one attached hydrogen (secondary N) is 1. The van der Waals surface area contributed by atoms with Crippen LogP contribution in [-0.2, 0) is 10.0 Å². The molecule has 0 aromatic heterocycles. The number of sulfonamides is 1. The number of carbonyl (C=O) groups excluding carboxylic acids is 1. The van der Waals surface area contributed by atoms with Crippen LogP contribution < -0.4 is 10.2 Å². The van der Waals surface area contributed by atoms with E-state index in [0.717, 1.165) is 35.9 Å². The highest BCUT2D eigenvalue weighted by Gasteiger charge is 2.23. The summed E-state index contributed by atoms with van der Waals surface area (Å²) in [5.74, 6) is -0.378. The first-order chi connectivity index (χ1) is 13.3. The van der Waals surface area contributed by atoms with Crippen LogP contribution in [0.4, 0.5) is 11.4 Å². The van der Waals surface area contributed by atoms with Crippen LogP contribution in [0.25, 0.3) is 0 Å². The number of nitrogens with zero attached hydrogens (tertiary/aromatic N) is 2. The molecule has 1 fully saturated rings. The van der Waals surface area contributed by atoms with Crippen molar-refractivity contribution in [3.05, 3.63) is 53.1 Å². The fourth-order valence-corrected chi connectivity index (χ4v) is 4.62. The van der Waals surface area contributed by atoms with Gasteiger partial charge in [-0.3, -0.25) is 4.79 Å². The predicted molar refractivity (Wildman–Crippen MR) is 113 cm³/mol. The molecule has 0 unspecified atom stereocenters. The zero-order chi connectivity index (χ0) is 20.3. The van der Waals surface area contributed by atoms with Crippen molar-refractivity contribution in [2.24, 2.45) is 0 Å². The molecule has 1 aliphatic rings. The van der Waals surface area contributed by atoms with Gasteiger partial charge in [0.2, 0.25) is 10.0 Å². The molecule has 1 amide bonds. The molecule has 0 aliphatic carbocycles. The van der Waals surface area contributed by atoms with Crippen LogP contribution in [0.2, 0.25) is 5.02 Å². The fraction of sp³-hybridized carbons (Fsp3) is 0.350. The summed E-state index contributed by atoms with van der Waals surface area (Å²) in [6.07, 6.45) is 3.48. The van der Waals surface area contributed by atoms with E-state index in [1.807, 2.05) is 24.3 Å². The lowest BCUT2D eigenvalue weighted by Crippen LogP contribution is -2.30. The number of rotatable bonds is 5. The van der Waals surface area contributed by atoms with Gasteiger partial charge in [0.1, 0.15) is 4.90 Å². The Morgan fingerprint density at radius 2 is 1.75 bits per heavy atom. The Morgan fingerprint density at radius 1 is 1.07 bits per heavy atom. The number of halogens is 1. The molecule has 2 aromatic carbocycles. The maximum Gasteiger partial charge on any atom is 0.255 e. The number of anilines is 2. The highest BCUT2D eigenvalue weighted by molar-refractivity contribution is 7.89. The molecule has 150 valence electrons. The highest BCUT2D eigenvalue weighted by Crippen LogP contribution is 2.29. The smallest absolute Gasteiger partial charge is 0.255 e. The van der Waals surface area contributed by atoms with E-state index in [1.54, 1.807) is 0 Å². The fourth-order valence-electron chi connectivity index (χ4n) is 3.22. The molecule has 1 aliphatic heterocycles. The molecule has 0 atom stereocenters. The van der Waals surface area contributed by atoms with Crippen LogP contribution in [0.5, 0.6) is 0 Å². The zero-order valence-corrected chi connectivity index (χ0v) is 17.6. The third kappa shape index (κ3) is 4.32. The monoisotopic (exact) mass is 421 g/mol. The molecule has 8 heteroatoms. The number of hydrogen-bond acceptors (Lipinski definition) is 4. The molecule has 0 radical (unpaired) electrons. The average molecular weight is 422 g/mol. The Labute approximate surface area is 171 Å². The standard InChI is InChI=1S/C20H24ClN3O3S/c1-23(2)28(26,27)19-14-15(10-11-16(19)21)20(25)22-17-8-4-5-9-18(17)24-12-6-3-7-13-24/h4-5,8-11,14H,3,6-7,12-13H2,1-2H3,(H,22,25). The highest BCUT2D eigenvalue weighted by atomic mass is 35.5. The summed E-state index contributed by atoms with van der Waals surface area (Å²) in [6.45, 7) is 1.91. The second-order valence-corrected chi connectivity index (χ2v) is 9.48. The predicted octanol–water partition coefficient (Wildman–Crippen LogP) is 3.83. The van der Waals surface area contributed by atoms with Gasteiger partial charge < -0.3 is 10.2 Å². The Morgan fingerprint density at radius 3 is 2.43 bits per heavy atom. The number of piperidine rings is 1. The summed E-state index contributed by atoms with van der Waals surface area (Å²) >= 11 is 6.07. The van der Waals surface area contributed by atoms with Crippen molar-refractivity contribution in [3.8, 4) is 0 Å². The summed E-state index contributed by atoms with van der Waals surface area (Å²) in [5.41, 5.74) is 1.92. The maximum atomic E-state index is 12.8. The van der Waals surface area contributed by atoms with Gasteiger partial charge in [-0.15, -0.1) is 0 Å². The molecule has 1 N–H and O–H groups in total. The number of para-hydroxylation sites is 2. The van der Waals surface area contributed by atoms with Gasteiger partial charge >= 0.3 is 0 Å². The average Bonchev–Trinajstić information content (AvgIpc) is 2.69. The number of benzene rings is 2. The van der Waals surface area contributed by atoms with Crippen LogP contribution in [0.3, 0.4) is 0 Å². The van der Waals surface area contributed by atoms with Gasteiger partial charge in [0.15, 0.2) is 0 Å². The van der Waals surface area contributed by atoms with E-state index in [2.05, 4.69) is 10.2 Å². The second kappa shape index (κ2) is 8.51. The van der Waals surface area contributed by atoms with Crippen molar-refractivity contribution in [2.45, 2.75) is 24.2 Å². The first-order valence-electron chi connectivity index (χ1n) is 9.18. The van der Waals surface area contributed by atoms with E-state index in [1.165, 1.54) is 38.7 Å². The summed E-state index contributed by atoms with van der Waals surface area (Å²) in [6, 6.07) is 11.9. The van der Waals surface area contributed by atoms with Crippen molar-refractivity contribution < 1.29 is 13.2 Å². The van der Waals surface area contributed by atoms with Gasteiger partial charge in [0.05, 0.1) is 16.4 Å². The van der Waals surface area contributed by atoms with Gasteiger partial charge in [0, 0.05) is 32.7 Å². The van der Waals surface area contributed by atoms with Crippen LogP contribution in [0.1, 0.15) is 29.6 Å². The summed E-state index contributed by atoms with van der Waals surface area (Å²) in [4.78, 5) is 15.0. The number of hydrogen-bond donors (Lipinski definition) is 1. The third-order valence-corrected chi connectivity index (χ3v) is 7.10. The van der Waals surface area contributed by atoms with Crippen molar-refractivity contribution in [1.82, 2.24) is 4.31 Å². The summed E-state index contributed by atoms with van der Waals surface area (Å²) < 4.78 is 26.0. The van der Waals surface area contributed by atoms with Gasteiger partial charge in [-0.1, -0.05) is 23.7 Å². The summed E-state index contributed by atoms with van der Waals surface area (Å²) in [7, 11) is -0.901. The largest absolute Gasteiger partial charge is 0.370 e. The number of amides is 1. The molecular weight excluding hydrogens is 398 g/mol. The Hall–Kier alpha value is -2.09. The Bertz CT molecular complexity index is 970. The lowest BCUT2D eigenvalue weighted by Gasteiger charge is -2.30. The van der Waals surface area contributed by atoms with Gasteiger partial charge in [-0.2, -0.15) is 0 Å². The van der Waals surface area contributed by atoms with Crippen LogP contribution in [-0.4, -0.2) is 45.8 Å². The zero-order valence-electron chi connectivity index (χ0n) is 16.0. The lowest BCUT2D eigenvalue weighted by atomic mass is 10.1. The minimum absolute atomic E-state index is 0.0824. The van der Waals surface area contributed by atoms with Gasteiger partial charge in [-0.05, 0) is 49.6 Å². The van der Waals surface area contributed by atoms with Crippen molar-refractivity contribution in [3.63, 3.8) is 0 Å². The first kappa shape index (κ1) is 20.6. The molecule has 3 rings (SSSR count). The third-order valence-electron chi connectivity index (χ3n) is 4.80. The second-order valence-electron chi connectivity index (χ2n) is 6.95. The van der Waals surface area contributed by atoms with Crippen molar-refractivity contribution in [2.75, 3.05) is 37.4 Å². The Kier molecular flexibility index (Phi) is 6.27. The molecule has 0 bridgehead atoms. The quantitative estimate of drug-likeness (QED) is 0.796. The SMILES string of the molecule is CN(C)S(=O)(=O)c1cc(C(=O)Nc2ccccc2N2CCCCC2)ccc1Cl. The molecule has 0 saturated carbocycles. The molecule has 28 heavy (non-hydrogen) atoms. The minimum Gasteiger partial charge on any atom is -0.370 e. The van der Waals surface area contributed by atoms with Crippen LogP contribution >= 0.6 is 11.6 Å². The molecule has 0 spiro atoms. The van der Waals surface area contributed by atoms with Crippen molar-refractivity contribution in [1.29, 1.82) is 0 Å². The van der Waals surface area contributed by atoms with Gasteiger partial charge in [-0.25, -0.2) is 12.7 Å². The van der Waals surface area contributed by atoms with E-state index in [-0.39, 0.29) is 21.4 Å². The van der Waals surface area contributed by atoms with E-state index < -0.39 is 10.0 Å². The molecule has 2 aromatic rings. The van der Waals surface area contributed by atoms with Crippen LogP contribution in [0, 0.1) is 0 Å².